The molecule has 1 aliphatic rings. The molecule has 2 aromatic rings. The van der Waals surface area contributed by atoms with Gasteiger partial charge in [0.15, 0.2) is 5.82 Å². The molecule has 0 atom stereocenters. The predicted molar refractivity (Wildman–Crippen MR) is 88.2 cm³/mol. The Balaban J connectivity index is 1.48. The van der Waals surface area contributed by atoms with E-state index >= 15 is 0 Å². The average Bonchev–Trinajstić information content (AvgIpc) is 3.05. The Morgan fingerprint density at radius 1 is 1.25 bits per heavy atom. The van der Waals surface area contributed by atoms with Crippen LogP contribution >= 0.6 is 0 Å². The summed E-state index contributed by atoms with van der Waals surface area (Å²) in [6, 6.07) is 9.43. The maximum absolute atomic E-state index is 8.83. The lowest BCUT2D eigenvalue weighted by atomic mass is 10.1. The summed E-state index contributed by atoms with van der Waals surface area (Å²) in [5.41, 5.74) is 0.655. The van der Waals surface area contributed by atoms with Crippen LogP contribution in [0.3, 0.4) is 0 Å². The third-order valence-corrected chi connectivity index (χ3v) is 4.23. The van der Waals surface area contributed by atoms with E-state index in [1.807, 2.05) is 16.8 Å². The number of hydrogen-bond acceptors (Lipinski definition) is 6. The zero-order chi connectivity index (χ0) is 16.8. The highest BCUT2D eigenvalue weighted by atomic mass is 16.5. The van der Waals surface area contributed by atoms with Crippen molar-refractivity contribution in [3.05, 3.63) is 35.7 Å². The summed E-state index contributed by atoms with van der Waals surface area (Å²) in [4.78, 5) is 2.37. The molecule has 1 aromatic carbocycles. The maximum atomic E-state index is 8.83. The second-order valence-corrected chi connectivity index (χ2v) is 6.05. The van der Waals surface area contributed by atoms with Crippen molar-refractivity contribution in [3.63, 3.8) is 0 Å². The number of piperidine rings is 1. The van der Waals surface area contributed by atoms with Crippen LogP contribution in [-0.4, -0.2) is 44.3 Å². The Bertz CT molecular complexity index is 682. The molecule has 0 spiro atoms. The van der Waals surface area contributed by atoms with Crippen molar-refractivity contribution in [2.75, 3.05) is 13.1 Å². The Labute approximate surface area is 141 Å². The van der Waals surface area contributed by atoms with Gasteiger partial charge in [0.1, 0.15) is 11.9 Å². The van der Waals surface area contributed by atoms with Gasteiger partial charge in [-0.05, 0) is 54.0 Å². The van der Waals surface area contributed by atoms with E-state index in [1.54, 1.807) is 12.1 Å². The molecule has 2 heterocycles. The van der Waals surface area contributed by atoms with E-state index in [2.05, 4.69) is 33.4 Å². The normalized spacial score (nSPS) is 16.0. The number of aryl methyl sites for hydroxylation is 1. The first-order chi connectivity index (χ1) is 11.8. The summed E-state index contributed by atoms with van der Waals surface area (Å²) >= 11 is 0. The third kappa shape index (κ3) is 4.09. The van der Waals surface area contributed by atoms with Crippen molar-refractivity contribution in [2.24, 2.45) is 0 Å². The minimum Gasteiger partial charge on any atom is -0.490 e. The minimum absolute atomic E-state index is 0.223. The first kappa shape index (κ1) is 16.4. The minimum atomic E-state index is 0.223. The Morgan fingerprint density at radius 3 is 2.67 bits per heavy atom. The molecule has 3 rings (SSSR count). The molecule has 1 aliphatic heterocycles. The summed E-state index contributed by atoms with van der Waals surface area (Å²) in [5, 5.41) is 20.8. The first-order valence-corrected chi connectivity index (χ1v) is 8.42. The highest BCUT2D eigenvalue weighted by molar-refractivity contribution is 5.34. The zero-order valence-corrected chi connectivity index (χ0v) is 13.9. The number of aromatic nitrogens is 4. The molecule has 1 saturated heterocycles. The van der Waals surface area contributed by atoms with Crippen LogP contribution in [0.4, 0.5) is 0 Å². The second-order valence-electron chi connectivity index (χ2n) is 6.05. The highest BCUT2D eigenvalue weighted by Gasteiger charge is 2.22. The van der Waals surface area contributed by atoms with Crippen LogP contribution in [0.15, 0.2) is 24.3 Å². The first-order valence-electron chi connectivity index (χ1n) is 8.42. The summed E-state index contributed by atoms with van der Waals surface area (Å²) in [5.74, 6) is 1.77. The van der Waals surface area contributed by atoms with Crippen molar-refractivity contribution in [2.45, 2.75) is 45.4 Å². The summed E-state index contributed by atoms with van der Waals surface area (Å²) in [6.07, 6.45) is 3.21. The van der Waals surface area contributed by atoms with Crippen molar-refractivity contribution in [1.82, 2.24) is 25.1 Å². The molecular formula is C17H22N6O. The largest absolute Gasteiger partial charge is 0.490 e. The number of benzene rings is 1. The van der Waals surface area contributed by atoms with Gasteiger partial charge in [-0.15, -0.1) is 5.10 Å². The standard InChI is InChI=1S/C17H22N6O/c1-2-9-23-17(19-20-21-23)13-22-10-7-16(8-11-22)24-15-5-3-14(12-18)4-6-15/h3-6,16H,2,7-11,13H2,1H3. The number of rotatable bonds is 6. The topological polar surface area (TPSA) is 79.9 Å². The molecule has 0 unspecified atom stereocenters. The van der Waals surface area contributed by atoms with Crippen LogP contribution in [-0.2, 0) is 13.1 Å². The monoisotopic (exact) mass is 326 g/mol. The molecule has 0 bridgehead atoms. The van der Waals surface area contributed by atoms with Gasteiger partial charge in [-0.3, -0.25) is 4.90 Å². The van der Waals surface area contributed by atoms with Gasteiger partial charge in [0.05, 0.1) is 18.2 Å². The van der Waals surface area contributed by atoms with Crippen LogP contribution in [0.5, 0.6) is 5.75 Å². The Hall–Kier alpha value is -2.46. The zero-order valence-electron chi connectivity index (χ0n) is 13.9. The van der Waals surface area contributed by atoms with E-state index in [-0.39, 0.29) is 6.10 Å². The lowest BCUT2D eigenvalue weighted by molar-refractivity contribution is 0.0944. The molecule has 7 heteroatoms. The van der Waals surface area contributed by atoms with Gasteiger partial charge in [-0.1, -0.05) is 6.92 Å². The van der Waals surface area contributed by atoms with E-state index in [4.69, 9.17) is 10.00 Å². The van der Waals surface area contributed by atoms with Crippen molar-refractivity contribution in [1.29, 1.82) is 5.26 Å². The number of nitrogens with zero attached hydrogens (tertiary/aromatic N) is 6. The summed E-state index contributed by atoms with van der Waals surface area (Å²) in [7, 11) is 0. The van der Waals surface area contributed by atoms with Gasteiger partial charge in [-0.2, -0.15) is 5.26 Å². The van der Waals surface area contributed by atoms with Gasteiger partial charge in [-0.25, -0.2) is 4.68 Å². The number of tetrazole rings is 1. The quantitative estimate of drug-likeness (QED) is 0.808. The number of nitriles is 1. The highest BCUT2D eigenvalue weighted by Crippen LogP contribution is 2.20. The van der Waals surface area contributed by atoms with Crippen molar-refractivity contribution < 1.29 is 4.74 Å². The molecule has 0 aliphatic carbocycles. The fourth-order valence-corrected chi connectivity index (χ4v) is 2.91. The molecule has 0 N–H and O–H groups in total. The molecule has 7 nitrogen and oxygen atoms in total. The third-order valence-electron chi connectivity index (χ3n) is 4.23. The Morgan fingerprint density at radius 2 is 2.00 bits per heavy atom. The fourth-order valence-electron chi connectivity index (χ4n) is 2.91. The average molecular weight is 326 g/mol. The van der Waals surface area contributed by atoms with Crippen LogP contribution < -0.4 is 4.74 Å². The summed E-state index contributed by atoms with van der Waals surface area (Å²) in [6.45, 7) is 5.72. The van der Waals surface area contributed by atoms with Gasteiger partial charge in [0.25, 0.3) is 0 Å². The SMILES string of the molecule is CCCn1nnnc1CN1CCC(Oc2ccc(C#N)cc2)CC1. The fraction of sp³-hybridized carbons (Fsp3) is 0.529. The van der Waals surface area contributed by atoms with E-state index in [0.29, 0.717) is 5.56 Å². The van der Waals surface area contributed by atoms with Gasteiger partial charge in [0, 0.05) is 19.6 Å². The molecule has 0 amide bonds. The smallest absolute Gasteiger partial charge is 0.165 e. The van der Waals surface area contributed by atoms with Gasteiger partial charge < -0.3 is 4.74 Å². The number of likely N-dealkylation sites (tertiary alicyclic amines) is 1. The van der Waals surface area contributed by atoms with E-state index in [0.717, 1.165) is 57.0 Å². The maximum Gasteiger partial charge on any atom is 0.165 e. The van der Waals surface area contributed by atoms with E-state index in [9.17, 15) is 0 Å². The van der Waals surface area contributed by atoms with Crippen molar-refractivity contribution >= 4 is 0 Å². The molecule has 1 aromatic heterocycles. The van der Waals surface area contributed by atoms with Crippen molar-refractivity contribution in [3.8, 4) is 11.8 Å². The molecular weight excluding hydrogens is 304 g/mol. The second kappa shape index (κ2) is 7.88. The van der Waals surface area contributed by atoms with Crippen LogP contribution in [0.1, 0.15) is 37.6 Å². The lowest BCUT2D eigenvalue weighted by Crippen LogP contribution is -2.38. The molecule has 24 heavy (non-hydrogen) atoms. The lowest BCUT2D eigenvalue weighted by Gasteiger charge is -2.31. The molecule has 1 fully saturated rings. The Kier molecular flexibility index (Phi) is 5.39. The van der Waals surface area contributed by atoms with E-state index < -0.39 is 0 Å². The van der Waals surface area contributed by atoms with Crippen LogP contribution in [0.2, 0.25) is 0 Å². The number of ether oxygens (including phenoxy) is 1. The van der Waals surface area contributed by atoms with Gasteiger partial charge in [0.2, 0.25) is 0 Å². The van der Waals surface area contributed by atoms with Crippen LogP contribution in [0, 0.1) is 11.3 Å². The predicted octanol–water partition coefficient (Wildman–Crippen LogP) is 2.00. The number of hydrogen-bond donors (Lipinski definition) is 0. The summed E-state index contributed by atoms with van der Waals surface area (Å²) < 4.78 is 7.91. The molecule has 0 radical (unpaired) electrons. The van der Waals surface area contributed by atoms with Gasteiger partial charge >= 0.3 is 0 Å². The van der Waals surface area contributed by atoms with Crippen LogP contribution in [0.25, 0.3) is 0 Å². The van der Waals surface area contributed by atoms with E-state index in [1.165, 1.54) is 0 Å². The molecule has 0 saturated carbocycles. The molecule has 126 valence electrons.